The molecule has 0 amide bonds. The van der Waals surface area contributed by atoms with Crippen molar-refractivity contribution < 1.29 is 0 Å². The van der Waals surface area contributed by atoms with E-state index >= 15 is 0 Å². The van der Waals surface area contributed by atoms with Crippen molar-refractivity contribution in [3.8, 4) is 0 Å². The Morgan fingerprint density at radius 1 is 1.20 bits per heavy atom. The van der Waals surface area contributed by atoms with Crippen LogP contribution in [0.2, 0.25) is 0 Å². The molecule has 0 nitrogen and oxygen atoms in total. The summed E-state index contributed by atoms with van der Waals surface area (Å²) in [4.78, 5) is 0. The predicted octanol–water partition coefficient (Wildman–Crippen LogP) is 2.07. The van der Waals surface area contributed by atoms with Crippen LogP contribution in [0.5, 0.6) is 0 Å². The van der Waals surface area contributed by atoms with E-state index in [0.29, 0.717) is 0 Å². The molecule has 0 radical (unpaired) electrons. The minimum Gasteiger partial charge on any atom is -0.203 e. The van der Waals surface area contributed by atoms with E-state index in [9.17, 15) is 0 Å². The van der Waals surface area contributed by atoms with Crippen molar-refractivity contribution in [1.82, 2.24) is 0 Å². The molecule has 5 heavy (non-hydrogen) atoms. The minimum absolute atomic E-state index is 0.0417. The zero-order valence-electron chi connectivity index (χ0n) is 3.46. The Hall–Kier alpha value is 1.49. The van der Waals surface area contributed by atoms with Gasteiger partial charge in [-0.2, -0.15) is 0 Å². The summed E-state index contributed by atoms with van der Waals surface area (Å²) in [7, 11) is 0. The first kappa shape index (κ1) is 9.70. The molecular formula is C2H7AlBr2. The van der Waals surface area contributed by atoms with E-state index in [1.54, 1.807) is 0 Å². The lowest BCUT2D eigenvalue weighted by molar-refractivity contribution is 1.50. The Morgan fingerprint density at radius 3 is 1.20 bits per heavy atom. The van der Waals surface area contributed by atoms with Crippen LogP contribution in [0.25, 0.3) is 0 Å². The van der Waals surface area contributed by atoms with Gasteiger partial charge in [-0.25, -0.2) is 28.1 Å². The average molecular weight is 218 g/mol. The van der Waals surface area contributed by atoms with Gasteiger partial charge in [0.2, 0.25) is 0 Å². The fraction of sp³-hybridized carbons (Fsp3) is 1.00. The second kappa shape index (κ2) is 17.8. The highest BCUT2D eigenvalue weighted by molar-refractivity contribution is 9.47. The summed E-state index contributed by atoms with van der Waals surface area (Å²) in [5.41, 5.74) is 0. The Bertz CT molecular complexity index is 7.61. The van der Waals surface area contributed by atoms with Gasteiger partial charge in [0, 0.05) is 0 Å². The maximum Gasteiger partial charge on any atom is 0.435 e. The number of hydrogen-bond donors (Lipinski definition) is 0. The number of halogens is 2. The molecule has 0 saturated heterocycles. The van der Waals surface area contributed by atoms with Crippen LogP contribution in [0, 0.1) is 0 Å². The van der Waals surface area contributed by atoms with Crippen LogP contribution in [0.3, 0.4) is 0 Å². The lowest BCUT2D eigenvalue weighted by Gasteiger charge is -1.33. The van der Waals surface area contributed by atoms with Crippen molar-refractivity contribution in [1.29, 1.82) is 0 Å². The lowest BCUT2D eigenvalue weighted by atomic mass is 11.0. The zero-order valence-corrected chi connectivity index (χ0v) is 8.05. The van der Waals surface area contributed by atoms with Crippen LogP contribution in [-0.2, 0) is 0 Å². The maximum atomic E-state index is 3.20. The molecule has 0 atom stereocenters. The predicted molar refractivity (Wildman–Crippen MR) is 36.4 cm³/mol. The number of rotatable bonds is 0. The first-order valence-corrected chi connectivity index (χ1v) is 9.33. The van der Waals surface area contributed by atoms with Crippen LogP contribution in [0.1, 0.15) is 13.8 Å². The molecule has 0 aliphatic carbocycles. The molecule has 0 aliphatic rings. The summed E-state index contributed by atoms with van der Waals surface area (Å²) in [6, 6.07) is 0. The Morgan fingerprint density at radius 2 is 1.20 bits per heavy atom. The molecule has 0 spiro atoms. The third-order valence-corrected chi connectivity index (χ3v) is 0. The molecule has 0 aromatic carbocycles. The first-order chi connectivity index (χ1) is 2.41. The largest absolute Gasteiger partial charge is 0.435 e. The third-order valence-electron chi connectivity index (χ3n) is 0. The van der Waals surface area contributed by atoms with E-state index in [1.165, 1.54) is 0 Å². The minimum atomic E-state index is 0.0417. The Kier molecular flexibility index (Phi) is 34.6. The molecule has 0 fully saturated rings. The quantitative estimate of drug-likeness (QED) is 0.546. The summed E-state index contributed by atoms with van der Waals surface area (Å²) in [5, 5.41) is 0. The molecule has 32 valence electrons. The highest BCUT2D eigenvalue weighted by Crippen LogP contribution is 1.77. The van der Waals surface area contributed by atoms with E-state index in [-0.39, 0.29) is 11.6 Å². The summed E-state index contributed by atoms with van der Waals surface area (Å²) in [5.74, 6) is 0. The normalized spacial score (nSPS) is 4.00. The van der Waals surface area contributed by atoms with Crippen molar-refractivity contribution >= 4 is 39.7 Å². The number of hydrogen-bond acceptors (Lipinski definition) is 0. The molecule has 0 unspecified atom stereocenters. The van der Waals surface area contributed by atoms with Crippen LogP contribution >= 0.6 is 28.1 Å². The third kappa shape index (κ3) is 30.1. The lowest BCUT2D eigenvalue weighted by Crippen LogP contribution is -1.31. The fourth-order valence-corrected chi connectivity index (χ4v) is 0. The van der Waals surface area contributed by atoms with Gasteiger partial charge in [-0.15, -0.1) is 0 Å². The van der Waals surface area contributed by atoms with Crippen molar-refractivity contribution in [3.05, 3.63) is 0 Å². The van der Waals surface area contributed by atoms with Gasteiger partial charge < -0.3 is 0 Å². The summed E-state index contributed by atoms with van der Waals surface area (Å²) < 4.78 is 0. The summed E-state index contributed by atoms with van der Waals surface area (Å²) in [6.45, 7) is 4.00. The smallest absolute Gasteiger partial charge is 0.203 e. The van der Waals surface area contributed by atoms with Gasteiger partial charge in [0.25, 0.3) is 0 Å². The standard InChI is InChI=1S/C2H6.Al.2BrH.H/c1-2;;;;/h1-2H3;;2*1H;/q;+2;;;/p-2. The average Bonchev–Trinajstić information content (AvgIpc) is 1.46. The molecule has 0 heterocycles. The Balaban J connectivity index is 0. The van der Waals surface area contributed by atoms with E-state index in [4.69, 9.17) is 0 Å². The topological polar surface area (TPSA) is 0 Å². The molecule has 0 bridgehead atoms. The van der Waals surface area contributed by atoms with Crippen molar-refractivity contribution in [3.63, 3.8) is 0 Å². The van der Waals surface area contributed by atoms with Crippen LogP contribution < -0.4 is 0 Å². The molecule has 0 saturated carbocycles. The second-order valence-corrected chi connectivity index (χ2v) is 8.18. The highest BCUT2D eigenvalue weighted by atomic mass is 79.9. The molecule has 0 rings (SSSR count). The molecule has 3 heteroatoms. The monoisotopic (exact) mass is 216 g/mol. The van der Waals surface area contributed by atoms with Crippen molar-refractivity contribution in [2.24, 2.45) is 0 Å². The van der Waals surface area contributed by atoms with Gasteiger partial charge in [-0.1, -0.05) is 13.8 Å². The van der Waals surface area contributed by atoms with Gasteiger partial charge in [-0.3, -0.25) is 0 Å². The highest BCUT2D eigenvalue weighted by Gasteiger charge is 1.57. The van der Waals surface area contributed by atoms with Crippen molar-refractivity contribution in [2.45, 2.75) is 13.8 Å². The fourth-order valence-electron chi connectivity index (χ4n) is 0. The molecule has 0 aliphatic heterocycles. The van der Waals surface area contributed by atoms with E-state index < -0.39 is 0 Å². The van der Waals surface area contributed by atoms with Crippen LogP contribution in [0.15, 0.2) is 0 Å². The van der Waals surface area contributed by atoms with Gasteiger partial charge >= 0.3 is 11.6 Å². The van der Waals surface area contributed by atoms with Gasteiger partial charge in [0.05, 0.1) is 0 Å². The van der Waals surface area contributed by atoms with Crippen LogP contribution in [0.4, 0.5) is 0 Å². The molecule has 0 N–H and O–H groups in total. The van der Waals surface area contributed by atoms with E-state index in [0.717, 1.165) is 0 Å². The van der Waals surface area contributed by atoms with Gasteiger partial charge in [0.15, 0.2) is 0 Å². The molecular weight excluding hydrogens is 211 g/mol. The summed E-state index contributed by atoms with van der Waals surface area (Å²) >= 11 is 6.44. The Labute approximate surface area is 53.3 Å². The van der Waals surface area contributed by atoms with Gasteiger partial charge in [-0.05, 0) is 0 Å². The SMILES string of the molecule is CC.[Br][AlH][Br]. The van der Waals surface area contributed by atoms with Crippen LogP contribution in [-0.4, -0.2) is 11.6 Å². The van der Waals surface area contributed by atoms with Gasteiger partial charge in [0.1, 0.15) is 0 Å². The maximum absolute atomic E-state index is 3.20. The van der Waals surface area contributed by atoms with Crippen molar-refractivity contribution in [2.75, 3.05) is 0 Å². The molecule has 0 aromatic heterocycles. The summed E-state index contributed by atoms with van der Waals surface area (Å²) in [6.07, 6.45) is 0. The van der Waals surface area contributed by atoms with E-state index in [2.05, 4.69) is 28.1 Å². The second-order valence-electron chi connectivity index (χ2n) is 0.101. The zero-order chi connectivity index (χ0) is 4.71. The van der Waals surface area contributed by atoms with E-state index in [1.807, 2.05) is 13.8 Å². The molecule has 0 aromatic rings. The first-order valence-electron chi connectivity index (χ1n) is 1.53.